The van der Waals surface area contributed by atoms with Crippen LogP contribution in [0.25, 0.3) is 0 Å². The molecule has 2 aliphatic rings. The van der Waals surface area contributed by atoms with E-state index < -0.39 is 17.5 Å². The SMILES string of the molecule is CCN(CC(=O)NCc1ccc(F)cc1)C(=O)CN1C(=O)NC2(CCCCC2)C1=O. The van der Waals surface area contributed by atoms with Crippen LogP contribution in [0.4, 0.5) is 9.18 Å². The molecule has 1 saturated carbocycles. The molecule has 1 aromatic carbocycles. The van der Waals surface area contributed by atoms with E-state index in [0.29, 0.717) is 12.8 Å². The lowest BCUT2D eigenvalue weighted by atomic mass is 9.82. The molecule has 30 heavy (non-hydrogen) atoms. The molecule has 2 N–H and O–H groups in total. The van der Waals surface area contributed by atoms with Crippen LogP contribution in [0.5, 0.6) is 0 Å². The van der Waals surface area contributed by atoms with Gasteiger partial charge in [-0.25, -0.2) is 9.18 Å². The summed E-state index contributed by atoms with van der Waals surface area (Å²) >= 11 is 0. The van der Waals surface area contributed by atoms with Gasteiger partial charge in [-0.2, -0.15) is 0 Å². The summed E-state index contributed by atoms with van der Waals surface area (Å²) in [5, 5.41) is 5.46. The Morgan fingerprint density at radius 1 is 1.17 bits per heavy atom. The number of halogens is 1. The number of carbonyl (C=O) groups excluding carboxylic acids is 4. The van der Waals surface area contributed by atoms with Gasteiger partial charge >= 0.3 is 6.03 Å². The average Bonchev–Trinajstić information content (AvgIpc) is 2.95. The lowest BCUT2D eigenvalue weighted by molar-refractivity contribution is -0.141. The number of benzene rings is 1. The summed E-state index contributed by atoms with van der Waals surface area (Å²) < 4.78 is 12.9. The van der Waals surface area contributed by atoms with Crippen LogP contribution in [0.1, 0.15) is 44.6 Å². The first-order chi connectivity index (χ1) is 14.3. The summed E-state index contributed by atoms with van der Waals surface area (Å²) in [5.74, 6) is -1.55. The molecule has 0 aromatic heterocycles. The summed E-state index contributed by atoms with van der Waals surface area (Å²) in [6.45, 7) is 1.62. The van der Waals surface area contributed by atoms with Crippen molar-refractivity contribution in [3.05, 3.63) is 35.6 Å². The number of amides is 5. The Balaban J connectivity index is 1.54. The Morgan fingerprint density at radius 3 is 2.47 bits per heavy atom. The topological polar surface area (TPSA) is 98.8 Å². The molecule has 9 heteroatoms. The highest BCUT2D eigenvalue weighted by molar-refractivity contribution is 6.09. The minimum absolute atomic E-state index is 0.189. The first kappa shape index (κ1) is 21.7. The number of likely N-dealkylation sites (N-methyl/N-ethyl adjacent to an activating group) is 1. The maximum Gasteiger partial charge on any atom is 0.325 e. The summed E-state index contributed by atoms with van der Waals surface area (Å²) in [5.41, 5.74) is -0.143. The molecule has 1 spiro atoms. The fourth-order valence-electron chi connectivity index (χ4n) is 3.96. The highest BCUT2D eigenvalue weighted by atomic mass is 19.1. The van der Waals surface area contributed by atoms with Crippen molar-refractivity contribution in [1.29, 1.82) is 0 Å². The van der Waals surface area contributed by atoms with Gasteiger partial charge in [-0.1, -0.05) is 31.4 Å². The van der Waals surface area contributed by atoms with Crippen LogP contribution in [-0.4, -0.2) is 58.7 Å². The molecule has 1 aromatic rings. The van der Waals surface area contributed by atoms with Crippen molar-refractivity contribution in [2.45, 2.75) is 51.1 Å². The van der Waals surface area contributed by atoms with E-state index in [1.807, 2.05) is 0 Å². The van der Waals surface area contributed by atoms with Crippen molar-refractivity contribution < 1.29 is 23.6 Å². The third kappa shape index (κ3) is 4.77. The molecule has 1 aliphatic carbocycles. The Labute approximate surface area is 174 Å². The van der Waals surface area contributed by atoms with Gasteiger partial charge in [0, 0.05) is 13.1 Å². The standard InChI is InChI=1S/C21H27FN4O4/c1-2-25(13-17(27)23-12-15-6-8-16(22)9-7-15)18(28)14-26-19(29)21(24-20(26)30)10-4-3-5-11-21/h6-9H,2-5,10-14H2,1H3,(H,23,27)(H,24,30). The van der Waals surface area contributed by atoms with Gasteiger partial charge < -0.3 is 15.5 Å². The van der Waals surface area contributed by atoms with Gasteiger partial charge in [0.15, 0.2) is 0 Å². The zero-order chi connectivity index (χ0) is 21.7. The Kier molecular flexibility index (Phi) is 6.69. The summed E-state index contributed by atoms with van der Waals surface area (Å²) in [6, 6.07) is 5.20. The minimum atomic E-state index is -0.876. The zero-order valence-corrected chi connectivity index (χ0v) is 17.1. The molecule has 0 radical (unpaired) electrons. The number of carbonyl (C=O) groups is 4. The van der Waals surface area contributed by atoms with E-state index in [0.717, 1.165) is 29.7 Å². The summed E-state index contributed by atoms with van der Waals surface area (Å²) in [7, 11) is 0. The predicted molar refractivity (Wildman–Crippen MR) is 107 cm³/mol. The van der Waals surface area contributed by atoms with Crippen LogP contribution in [0, 0.1) is 5.82 Å². The van der Waals surface area contributed by atoms with Gasteiger partial charge in [0.1, 0.15) is 17.9 Å². The van der Waals surface area contributed by atoms with Crippen LogP contribution in [0.15, 0.2) is 24.3 Å². The van der Waals surface area contributed by atoms with Crippen LogP contribution in [-0.2, 0) is 20.9 Å². The Hall–Kier alpha value is -2.97. The number of nitrogens with one attached hydrogen (secondary N) is 2. The third-order valence-corrected chi connectivity index (χ3v) is 5.72. The summed E-state index contributed by atoms with van der Waals surface area (Å²) in [6.07, 6.45) is 3.93. The van der Waals surface area contributed by atoms with Gasteiger partial charge in [-0.15, -0.1) is 0 Å². The van der Waals surface area contributed by atoms with E-state index in [-0.39, 0.29) is 43.8 Å². The van der Waals surface area contributed by atoms with Crippen LogP contribution in [0.3, 0.4) is 0 Å². The van der Waals surface area contributed by atoms with Crippen molar-refractivity contribution in [3.63, 3.8) is 0 Å². The molecule has 162 valence electrons. The van der Waals surface area contributed by atoms with Crippen molar-refractivity contribution in [3.8, 4) is 0 Å². The second kappa shape index (κ2) is 9.23. The Bertz CT molecular complexity index is 821. The maximum atomic E-state index is 12.9. The molecule has 1 aliphatic heterocycles. The quantitative estimate of drug-likeness (QED) is 0.657. The molecule has 0 bridgehead atoms. The lowest BCUT2D eigenvalue weighted by Gasteiger charge is -2.30. The van der Waals surface area contributed by atoms with E-state index in [2.05, 4.69) is 10.6 Å². The second-order valence-electron chi connectivity index (χ2n) is 7.78. The maximum absolute atomic E-state index is 12.9. The van der Waals surface area contributed by atoms with Crippen molar-refractivity contribution in [2.75, 3.05) is 19.6 Å². The van der Waals surface area contributed by atoms with Gasteiger partial charge in [0.25, 0.3) is 5.91 Å². The van der Waals surface area contributed by atoms with E-state index in [1.165, 1.54) is 17.0 Å². The van der Waals surface area contributed by atoms with E-state index in [9.17, 15) is 23.6 Å². The molecule has 3 rings (SSSR count). The van der Waals surface area contributed by atoms with Crippen molar-refractivity contribution in [2.24, 2.45) is 0 Å². The molecule has 1 heterocycles. The van der Waals surface area contributed by atoms with Crippen LogP contribution in [0.2, 0.25) is 0 Å². The molecule has 0 unspecified atom stereocenters. The number of hydrogen-bond acceptors (Lipinski definition) is 4. The molecule has 2 fully saturated rings. The summed E-state index contributed by atoms with van der Waals surface area (Å²) in [4.78, 5) is 52.3. The first-order valence-corrected chi connectivity index (χ1v) is 10.3. The van der Waals surface area contributed by atoms with Crippen molar-refractivity contribution in [1.82, 2.24) is 20.4 Å². The number of nitrogens with zero attached hydrogens (tertiary/aromatic N) is 2. The fourth-order valence-corrected chi connectivity index (χ4v) is 3.96. The van der Waals surface area contributed by atoms with Crippen LogP contribution < -0.4 is 10.6 Å². The molecule has 1 saturated heterocycles. The third-order valence-electron chi connectivity index (χ3n) is 5.72. The van der Waals surface area contributed by atoms with Gasteiger partial charge in [-0.05, 0) is 37.5 Å². The lowest BCUT2D eigenvalue weighted by Crippen LogP contribution is -2.49. The van der Waals surface area contributed by atoms with E-state index in [4.69, 9.17) is 0 Å². The number of hydrogen-bond donors (Lipinski definition) is 2. The number of imide groups is 1. The molecule has 5 amide bonds. The Morgan fingerprint density at radius 2 is 1.83 bits per heavy atom. The van der Waals surface area contributed by atoms with E-state index in [1.54, 1.807) is 19.1 Å². The van der Waals surface area contributed by atoms with Gasteiger partial charge in [-0.3, -0.25) is 19.3 Å². The number of urea groups is 1. The molecular formula is C21H27FN4O4. The predicted octanol–water partition coefficient (Wildman–Crippen LogP) is 1.55. The fraction of sp³-hybridized carbons (Fsp3) is 0.524. The normalized spacial score (nSPS) is 17.7. The van der Waals surface area contributed by atoms with Gasteiger partial charge in [0.05, 0.1) is 6.54 Å². The van der Waals surface area contributed by atoms with Crippen molar-refractivity contribution >= 4 is 23.8 Å². The average molecular weight is 418 g/mol. The minimum Gasteiger partial charge on any atom is -0.350 e. The second-order valence-corrected chi connectivity index (χ2v) is 7.78. The van der Waals surface area contributed by atoms with Gasteiger partial charge in [0.2, 0.25) is 11.8 Å². The highest BCUT2D eigenvalue weighted by Gasteiger charge is 2.51. The zero-order valence-electron chi connectivity index (χ0n) is 17.1. The first-order valence-electron chi connectivity index (χ1n) is 10.3. The molecule has 0 atom stereocenters. The molecular weight excluding hydrogens is 391 g/mol. The molecule has 8 nitrogen and oxygen atoms in total. The number of rotatable bonds is 7. The smallest absolute Gasteiger partial charge is 0.325 e. The largest absolute Gasteiger partial charge is 0.350 e. The van der Waals surface area contributed by atoms with Crippen LogP contribution >= 0.6 is 0 Å². The monoisotopic (exact) mass is 418 g/mol. The van der Waals surface area contributed by atoms with E-state index >= 15 is 0 Å². The highest BCUT2D eigenvalue weighted by Crippen LogP contribution is 2.33.